The van der Waals surface area contributed by atoms with Gasteiger partial charge in [-0.3, -0.25) is 4.99 Å². The van der Waals surface area contributed by atoms with E-state index in [-0.39, 0.29) is 10.7 Å². The summed E-state index contributed by atoms with van der Waals surface area (Å²) >= 11 is 6.03. The summed E-state index contributed by atoms with van der Waals surface area (Å²) in [5.41, 5.74) is 3.83. The summed E-state index contributed by atoms with van der Waals surface area (Å²) in [4.78, 5) is 8.96. The third-order valence-corrected chi connectivity index (χ3v) is 5.31. The molecule has 2 nitrogen and oxygen atoms in total. The monoisotopic (exact) mass is 426 g/mol. The summed E-state index contributed by atoms with van der Waals surface area (Å²) in [6.45, 7) is 7.47. The second-order valence-electron chi connectivity index (χ2n) is 7.34. The highest BCUT2D eigenvalue weighted by atomic mass is 35.5. The molecule has 30 heavy (non-hydrogen) atoms. The molecule has 0 amide bonds. The van der Waals surface area contributed by atoms with E-state index >= 15 is 8.78 Å². The van der Waals surface area contributed by atoms with Crippen LogP contribution in [0.3, 0.4) is 0 Å². The van der Waals surface area contributed by atoms with Crippen LogP contribution in [-0.2, 0) is 6.42 Å². The van der Waals surface area contributed by atoms with Crippen LogP contribution in [0.15, 0.2) is 69.3 Å². The number of benzene rings is 1. The third kappa shape index (κ3) is 5.11. The molecule has 0 spiro atoms. The summed E-state index contributed by atoms with van der Waals surface area (Å²) in [6.07, 6.45) is 5.11. The first-order valence-corrected chi connectivity index (χ1v) is 10.4. The highest BCUT2D eigenvalue weighted by molar-refractivity contribution is 6.31. The summed E-state index contributed by atoms with van der Waals surface area (Å²) in [5, 5.41) is 1.03. The fraction of sp³-hybridized carbons (Fsp3) is 0.280. The van der Waals surface area contributed by atoms with Crippen LogP contribution >= 0.6 is 11.6 Å². The molecule has 1 unspecified atom stereocenters. The molecule has 0 bridgehead atoms. The number of rotatable bonds is 6. The van der Waals surface area contributed by atoms with Crippen LogP contribution in [0.2, 0.25) is 0 Å². The molecule has 1 aliphatic rings. The van der Waals surface area contributed by atoms with E-state index in [1.54, 1.807) is 19.9 Å². The molecule has 0 radical (unpaired) electrons. The maximum Gasteiger partial charge on any atom is 0.132 e. The maximum atomic E-state index is 15.0. The first-order valence-electron chi connectivity index (χ1n) is 10.1. The number of aryl methyl sites for hydroxylation is 2. The average Bonchev–Trinajstić information content (AvgIpc) is 3.53. The van der Waals surface area contributed by atoms with E-state index in [4.69, 9.17) is 11.6 Å². The molecule has 2 aromatic carbocycles. The van der Waals surface area contributed by atoms with Crippen LogP contribution in [0.5, 0.6) is 0 Å². The van der Waals surface area contributed by atoms with Crippen molar-refractivity contribution in [3.63, 3.8) is 0 Å². The number of hydrogen-bond donors (Lipinski definition) is 0. The first-order chi connectivity index (χ1) is 14.3. The van der Waals surface area contributed by atoms with Crippen LogP contribution in [-0.4, -0.2) is 5.71 Å². The van der Waals surface area contributed by atoms with Gasteiger partial charge in [0.2, 0.25) is 0 Å². The SMILES string of the molecule is C/C=C(/Cl)N=C(C1=CC1)c1cc(F)c(C(C)N=c2cc(C)cccc2CC)c(F)c1. The van der Waals surface area contributed by atoms with E-state index in [0.717, 1.165) is 34.9 Å². The maximum absolute atomic E-state index is 15.0. The Morgan fingerprint density at radius 1 is 1.20 bits per heavy atom. The van der Waals surface area contributed by atoms with E-state index in [1.165, 1.54) is 12.1 Å². The van der Waals surface area contributed by atoms with Crippen LogP contribution in [0.4, 0.5) is 8.78 Å². The Labute approximate surface area is 181 Å². The third-order valence-electron chi connectivity index (χ3n) is 5.00. The Bertz CT molecular complexity index is 1110. The molecule has 5 heteroatoms. The van der Waals surface area contributed by atoms with E-state index in [0.29, 0.717) is 11.3 Å². The zero-order valence-corrected chi connectivity index (χ0v) is 18.4. The second-order valence-corrected chi connectivity index (χ2v) is 7.73. The van der Waals surface area contributed by atoms with Crippen molar-refractivity contribution in [2.75, 3.05) is 0 Å². The highest BCUT2D eigenvalue weighted by Gasteiger charge is 2.23. The van der Waals surface area contributed by atoms with Gasteiger partial charge in [0.25, 0.3) is 0 Å². The van der Waals surface area contributed by atoms with Gasteiger partial charge in [0.15, 0.2) is 0 Å². The van der Waals surface area contributed by atoms with Crippen LogP contribution in [0.25, 0.3) is 0 Å². The zero-order valence-electron chi connectivity index (χ0n) is 17.6. The number of aliphatic imine (C=N–C) groups is 1. The van der Waals surface area contributed by atoms with Crippen molar-refractivity contribution in [3.8, 4) is 0 Å². The molecule has 1 atom stereocenters. The highest BCUT2D eigenvalue weighted by Crippen LogP contribution is 2.30. The van der Waals surface area contributed by atoms with Crippen LogP contribution in [0.1, 0.15) is 55.5 Å². The molecule has 156 valence electrons. The van der Waals surface area contributed by atoms with Gasteiger partial charge >= 0.3 is 0 Å². The predicted molar refractivity (Wildman–Crippen MR) is 120 cm³/mol. The summed E-state index contributed by atoms with van der Waals surface area (Å²) < 4.78 is 30.1. The quantitative estimate of drug-likeness (QED) is 0.362. The van der Waals surface area contributed by atoms with Crippen molar-refractivity contribution in [2.24, 2.45) is 9.98 Å². The van der Waals surface area contributed by atoms with E-state index in [2.05, 4.69) is 9.98 Å². The summed E-state index contributed by atoms with van der Waals surface area (Å²) in [7, 11) is 0. The molecule has 0 saturated heterocycles. The van der Waals surface area contributed by atoms with Gasteiger partial charge in [0.1, 0.15) is 16.8 Å². The fourth-order valence-corrected chi connectivity index (χ4v) is 3.39. The van der Waals surface area contributed by atoms with Crippen molar-refractivity contribution in [1.29, 1.82) is 0 Å². The Morgan fingerprint density at radius 3 is 2.43 bits per heavy atom. The molecule has 0 aromatic heterocycles. The number of allylic oxidation sites excluding steroid dienone is 3. The van der Waals surface area contributed by atoms with Crippen LogP contribution in [0, 0.1) is 18.6 Å². The summed E-state index contributed by atoms with van der Waals surface area (Å²) in [6, 6.07) is 9.86. The minimum atomic E-state index is -0.675. The minimum Gasteiger partial charge on any atom is -0.277 e. The fourth-order valence-electron chi connectivity index (χ4n) is 3.31. The molecule has 2 aromatic rings. The lowest BCUT2D eigenvalue weighted by Crippen LogP contribution is -2.11. The van der Waals surface area contributed by atoms with E-state index < -0.39 is 17.7 Å². The van der Waals surface area contributed by atoms with E-state index in [1.807, 2.05) is 44.2 Å². The Morgan fingerprint density at radius 2 is 1.87 bits per heavy atom. The average molecular weight is 427 g/mol. The van der Waals surface area contributed by atoms with Gasteiger partial charge in [-0.15, -0.1) is 0 Å². The van der Waals surface area contributed by atoms with Gasteiger partial charge < -0.3 is 0 Å². The zero-order chi connectivity index (χ0) is 21.8. The van der Waals surface area contributed by atoms with Crippen molar-refractivity contribution in [2.45, 2.75) is 46.6 Å². The van der Waals surface area contributed by atoms with Crippen molar-refractivity contribution < 1.29 is 8.78 Å². The van der Waals surface area contributed by atoms with Gasteiger partial charge in [-0.2, -0.15) is 0 Å². The standard InChI is InChI=1S/C25H25ClF2N2/c1-5-17-9-7-8-15(3)12-22(17)29-16(4)24-20(27)13-19(14-21(24)28)25(18-10-11-18)30-23(26)6-2/h6-10,12-14,16H,5,11H2,1-4H3/b23-6-,29-22?,30-25?. The number of halogens is 3. The van der Waals surface area contributed by atoms with Crippen molar-refractivity contribution in [1.82, 2.24) is 0 Å². The predicted octanol–water partition coefficient (Wildman–Crippen LogP) is 6.72. The number of nitrogens with zero attached hydrogens (tertiary/aromatic N) is 2. The van der Waals surface area contributed by atoms with Crippen molar-refractivity contribution >= 4 is 17.3 Å². The van der Waals surface area contributed by atoms with Crippen LogP contribution < -0.4 is 5.36 Å². The van der Waals surface area contributed by atoms with Gasteiger partial charge in [-0.05, 0) is 68.5 Å². The number of hydrogen-bond acceptors (Lipinski definition) is 2. The molecule has 0 saturated carbocycles. The normalized spacial score (nSPS) is 15.8. The Kier molecular flexibility index (Phi) is 6.99. The minimum absolute atomic E-state index is 0.0498. The molecule has 0 fully saturated rings. The smallest absolute Gasteiger partial charge is 0.132 e. The lowest BCUT2D eigenvalue weighted by atomic mass is 10.0. The largest absolute Gasteiger partial charge is 0.277 e. The molecule has 0 heterocycles. The van der Waals surface area contributed by atoms with Crippen molar-refractivity contribution in [3.05, 3.63) is 98.5 Å². The molecular weight excluding hydrogens is 402 g/mol. The van der Waals surface area contributed by atoms with Gasteiger partial charge in [-0.25, -0.2) is 13.8 Å². The Balaban J connectivity index is 2.07. The Hall–Kier alpha value is -2.59. The molecule has 3 rings (SSSR count). The first kappa shape index (κ1) is 22.1. The summed E-state index contributed by atoms with van der Waals surface area (Å²) in [5.74, 6) is -1.27. The van der Waals surface area contributed by atoms with Gasteiger partial charge in [0, 0.05) is 11.1 Å². The molecule has 1 aliphatic carbocycles. The second kappa shape index (κ2) is 9.48. The lowest BCUT2D eigenvalue weighted by molar-refractivity contribution is 0.534. The topological polar surface area (TPSA) is 24.7 Å². The molecule has 0 N–H and O–H groups in total. The van der Waals surface area contributed by atoms with Gasteiger partial charge in [0.05, 0.1) is 17.1 Å². The van der Waals surface area contributed by atoms with E-state index in [9.17, 15) is 0 Å². The molecule has 0 aliphatic heterocycles. The van der Waals surface area contributed by atoms with Gasteiger partial charge in [-0.1, -0.05) is 48.9 Å². The molecular formula is C25H25ClF2N2. The lowest BCUT2D eigenvalue weighted by Gasteiger charge is -2.13.